The summed E-state index contributed by atoms with van der Waals surface area (Å²) in [5, 5.41) is 27.4. The van der Waals surface area contributed by atoms with Gasteiger partial charge in [-0.15, -0.1) is 0 Å². The minimum absolute atomic E-state index is 0.0172. The Morgan fingerprint density at radius 2 is 1.85 bits per heavy atom. The summed E-state index contributed by atoms with van der Waals surface area (Å²) in [6, 6.07) is 13.3. The number of anilines is 3. The highest BCUT2D eigenvalue weighted by atomic mass is 35.5. The topological polar surface area (TPSA) is 99.9 Å². The molecule has 3 N–H and O–H groups in total. The maximum atomic E-state index is 13.3. The fourth-order valence-corrected chi connectivity index (χ4v) is 4.15. The number of hydrogen-bond donors (Lipinski definition) is 3. The minimum atomic E-state index is -2.30. The van der Waals surface area contributed by atoms with Crippen LogP contribution in [0.5, 0.6) is 0 Å². The zero-order valence-electron chi connectivity index (χ0n) is 18.6. The average Bonchev–Trinajstić information content (AvgIpc) is 2.85. The second-order valence-electron chi connectivity index (χ2n) is 8.09. The van der Waals surface area contributed by atoms with Gasteiger partial charge in [-0.3, -0.25) is 4.79 Å². The first-order chi connectivity index (χ1) is 16.3. The predicted molar refractivity (Wildman–Crippen MR) is 128 cm³/mol. The summed E-state index contributed by atoms with van der Waals surface area (Å²) in [4.78, 5) is 14.9. The lowest BCUT2D eigenvalue weighted by Crippen LogP contribution is -2.49. The third kappa shape index (κ3) is 5.07. The van der Waals surface area contributed by atoms with Crippen LogP contribution in [0.1, 0.15) is 19.8 Å². The Balaban J connectivity index is 1.56. The largest absolute Gasteiger partial charge is 0.381 e. The van der Waals surface area contributed by atoms with E-state index in [0.717, 1.165) is 16.1 Å². The van der Waals surface area contributed by atoms with Crippen molar-refractivity contribution in [2.24, 2.45) is 5.92 Å². The van der Waals surface area contributed by atoms with Crippen LogP contribution in [0.2, 0.25) is 5.02 Å². The van der Waals surface area contributed by atoms with Crippen molar-refractivity contribution in [3.05, 3.63) is 75.9 Å². The van der Waals surface area contributed by atoms with Crippen LogP contribution in [0.15, 0.2) is 59.5 Å². The van der Waals surface area contributed by atoms with Gasteiger partial charge in [0.1, 0.15) is 10.8 Å². The number of ether oxygens (including phenoxy) is 1. The van der Waals surface area contributed by atoms with Crippen LogP contribution in [0.25, 0.3) is 5.69 Å². The number of benzene rings is 2. The molecule has 1 aromatic heterocycles. The number of nitrogens with one attached hydrogen (secondary N) is 1. The highest BCUT2D eigenvalue weighted by Crippen LogP contribution is 2.29. The predicted octanol–water partition coefficient (Wildman–Crippen LogP) is 3.66. The molecule has 2 aromatic carbocycles. The average molecular weight is 489 g/mol. The van der Waals surface area contributed by atoms with Gasteiger partial charge in [-0.25, -0.2) is 4.39 Å². The molecule has 1 unspecified atom stereocenters. The molecule has 0 aliphatic carbocycles. The van der Waals surface area contributed by atoms with Gasteiger partial charge in [-0.05, 0) is 68.3 Å². The van der Waals surface area contributed by atoms with E-state index in [1.54, 1.807) is 24.3 Å². The summed E-state index contributed by atoms with van der Waals surface area (Å²) in [5.41, 5.74) is 1.59. The van der Waals surface area contributed by atoms with E-state index in [4.69, 9.17) is 16.3 Å². The normalized spacial score (nSPS) is 16.3. The molecule has 0 amide bonds. The number of halogens is 2. The van der Waals surface area contributed by atoms with Gasteiger partial charge in [-0.1, -0.05) is 11.6 Å². The van der Waals surface area contributed by atoms with Crippen molar-refractivity contribution in [3.63, 3.8) is 0 Å². The molecule has 0 spiro atoms. The standard InChI is InChI=1S/C24H26ClFN4O4/c1-2-29(18-7-5-17(26)6-8-18)19-9-11-20(12-10-19)30-23(31)22(25)21(14-27-30)28-24(32,33)16-4-3-13-34-15-16/h5-12,14,16,28,32-33H,2-4,13,15H2,1H3. The van der Waals surface area contributed by atoms with Crippen LogP contribution in [-0.2, 0) is 4.74 Å². The summed E-state index contributed by atoms with van der Waals surface area (Å²) in [6.45, 7) is 3.40. The first kappa shape index (κ1) is 24.2. The summed E-state index contributed by atoms with van der Waals surface area (Å²) >= 11 is 6.26. The van der Waals surface area contributed by atoms with Gasteiger partial charge in [0.15, 0.2) is 0 Å². The number of aliphatic hydroxyl groups is 2. The second kappa shape index (κ2) is 10.1. The molecule has 0 radical (unpaired) electrons. The van der Waals surface area contributed by atoms with Crippen LogP contribution < -0.4 is 15.8 Å². The zero-order chi connectivity index (χ0) is 24.3. The molecular formula is C24H26ClFN4O4. The molecule has 8 nitrogen and oxygen atoms in total. The molecule has 1 atom stereocenters. The van der Waals surface area contributed by atoms with Crippen molar-refractivity contribution >= 4 is 28.7 Å². The first-order valence-electron chi connectivity index (χ1n) is 11.0. The SMILES string of the molecule is CCN(c1ccc(F)cc1)c1ccc(-n2ncc(NC(O)(O)C3CCCOC3)c(Cl)c2=O)cc1. The lowest BCUT2D eigenvalue weighted by molar-refractivity contribution is -0.199. The van der Waals surface area contributed by atoms with E-state index in [1.807, 2.05) is 24.0 Å². The second-order valence-corrected chi connectivity index (χ2v) is 8.47. The molecule has 1 saturated heterocycles. The molecule has 180 valence electrons. The zero-order valence-corrected chi connectivity index (χ0v) is 19.4. The fourth-order valence-electron chi connectivity index (χ4n) is 3.97. The van der Waals surface area contributed by atoms with E-state index in [-0.39, 0.29) is 23.1 Å². The molecule has 34 heavy (non-hydrogen) atoms. The fraction of sp³-hybridized carbons (Fsp3) is 0.333. The summed E-state index contributed by atoms with van der Waals surface area (Å²) in [5.74, 6) is -3.17. The molecular weight excluding hydrogens is 463 g/mol. The Hall–Kier alpha value is -2.98. The summed E-state index contributed by atoms with van der Waals surface area (Å²) < 4.78 is 19.7. The van der Waals surface area contributed by atoms with Crippen molar-refractivity contribution < 1.29 is 19.3 Å². The Morgan fingerprint density at radius 3 is 2.44 bits per heavy atom. The van der Waals surface area contributed by atoms with Gasteiger partial charge in [0, 0.05) is 24.5 Å². The van der Waals surface area contributed by atoms with Crippen LogP contribution in [0.4, 0.5) is 21.5 Å². The summed E-state index contributed by atoms with van der Waals surface area (Å²) in [7, 11) is 0. The smallest absolute Gasteiger partial charge is 0.292 e. The van der Waals surface area contributed by atoms with E-state index in [0.29, 0.717) is 31.7 Å². The molecule has 2 heterocycles. The lowest BCUT2D eigenvalue weighted by Gasteiger charge is -2.34. The van der Waals surface area contributed by atoms with Gasteiger partial charge in [0.05, 0.1) is 30.1 Å². The molecule has 3 aromatic rings. The van der Waals surface area contributed by atoms with Crippen molar-refractivity contribution in [3.8, 4) is 5.69 Å². The third-order valence-electron chi connectivity index (χ3n) is 5.83. The molecule has 1 aliphatic heterocycles. The Bertz CT molecular complexity index is 1180. The van der Waals surface area contributed by atoms with Crippen LogP contribution >= 0.6 is 11.6 Å². The van der Waals surface area contributed by atoms with Gasteiger partial charge < -0.3 is 25.2 Å². The van der Waals surface area contributed by atoms with Gasteiger partial charge in [0.25, 0.3) is 5.56 Å². The maximum absolute atomic E-state index is 13.3. The highest BCUT2D eigenvalue weighted by Gasteiger charge is 2.37. The molecule has 10 heteroatoms. The molecule has 1 fully saturated rings. The molecule has 1 aliphatic rings. The quantitative estimate of drug-likeness (QED) is 0.436. The Morgan fingerprint density at radius 1 is 1.21 bits per heavy atom. The highest BCUT2D eigenvalue weighted by molar-refractivity contribution is 6.33. The minimum Gasteiger partial charge on any atom is -0.381 e. The first-order valence-corrected chi connectivity index (χ1v) is 11.4. The van der Waals surface area contributed by atoms with E-state index >= 15 is 0 Å². The lowest BCUT2D eigenvalue weighted by atomic mass is 9.98. The van der Waals surface area contributed by atoms with Crippen molar-refractivity contribution in [1.29, 1.82) is 0 Å². The van der Waals surface area contributed by atoms with Crippen LogP contribution in [-0.4, -0.2) is 45.7 Å². The Kier molecular flexibility index (Phi) is 7.18. The van der Waals surface area contributed by atoms with Gasteiger partial charge in [-0.2, -0.15) is 9.78 Å². The van der Waals surface area contributed by atoms with E-state index in [9.17, 15) is 19.4 Å². The summed E-state index contributed by atoms with van der Waals surface area (Å²) in [6.07, 6.45) is 2.54. The number of aromatic nitrogens is 2. The molecule has 0 bridgehead atoms. The third-order valence-corrected chi connectivity index (χ3v) is 6.19. The van der Waals surface area contributed by atoms with E-state index in [1.165, 1.54) is 18.3 Å². The van der Waals surface area contributed by atoms with Crippen LogP contribution in [0, 0.1) is 11.7 Å². The van der Waals surface area contributed by atoms with Crippen molar-refractivity contribution in [2.45, 2.75) is 25.7 Å². The molecule has 0 saturated carbocycles. The van der Waals surface area contributed by atoms with E-state index < -0.39 is 17.4 Å². The van der Waals surface area contributed by atoms with E-state index in [2.05, 4.69) is 10.4 Å². The van der Waals surface area contributed by atoms with Crippen LogP contribution in [0.3, 0.4) is 0 Å². The Labute approximate surface area is 201 Å². The van der Waals surface area contributed by atoms with Gasteiger partial charge >= 0.3 is 0 Å². The number of rotatable bonds is 7. The monoisotopic (exact) mass is 488 g/mol. The number of hydrogen-bond acceptors (Lipinski definition) is 7. The maximum Gasteiger partial charge on any atom is 0.292 e. The number of nitrogens with zero attached hydrogens (tertiary/aromatic N) is 3. The van der Waals surface area contributed by atoms with Gasteiger partial charge in [0.2, 0.25) is 5.91 Å². The molecule has 4 rings (SSSR count). The van der Waals surface area contributed by atoms with Crippen molar-refractivity contribution in [2.75, 3.05) is 30.0 Å². The van der Waals surface area contributed by atoms with Crippen molar-refractivity contribution in [1.82, 2.24) is 9.78 Å².